The minimum atomic E-state index is -3.72. The van der Waals surface area contributed by atoms with Gasteiger partial charge in [0.1, 0.15) is 0 Å². The van der Waals surface area contributed by atoms with Gasteiger partial charge in [0.15, 0.2) is 6.61 Å². The Morgan fingerprint density at radius 2 is 2.00 bits per heavy atom. The molecule has 27 heavy (non-hydrogen) atoms. The minimum Gasteiger partial charge on any atom is -0.452 e. The van der Waals surface area contributed by atoms with E-state index in [-0.39, 0.29) is 27.4 Å². The van der Waals surface area contributed by atoms with Crippen LogP contribution in [0.1, 0.15) is 43.0 Å². The van der Waals surface area contributed by atoms with Crippen LogP contribution in [0.2, 0.25) is 5.02 Å². The second kappa shape index (κ2) is 9.03. The van der Waals surface area contributed by atoms with Crippen molar-refractivity contribution in [3.8, 4) is 0 Å². The zero-order valence-corrected chi connectivity index (χ0v) is 17.3. The molecule has 1 aromatic carbocycles. The molecule has 9 heteroatoms. The molecule has 0 spiro atoms. The lowest BCUT2D eigenvalue weighted by atomic mass is 10.00. The molecule has 0 saturated carbocycles. The maximum atomic E-state index is 12.4. The fraction of sp³-hybridized carbons (Fsp3) is 0.556. The Balaban J connectivity index is 2.11. The molecule has 1 heterocycles. The first-order valence-corrected chi connectivity index (χ1v) is 10.7. The van der Waals surface area contributed by atoms with Crippen LogP contribution >= 0.6 is 11.6 Å². The lowest BCUT2D eigenvalue weighted by Crippen LogP contribution is -2.45. The number of ether oxygens (including phenoxy) is 1. The minimum absolute atomic E-state index is 0.0644. The smallest absolute Gasteiger partial charge is 0.340 e. The summed E-state index contributed by atoms with van der Waals surface area (Å²) in [6.45, 7) is 2.29. The van der Waals surface area contributed by atoms with E-state index < -0.39 is 22.6 Å². The zero-order valence-electron chi connectivity index (χ0n) is 15.8. The summed E-state index contributed by atoms with van der Waals surface area (Å²) in [7, 11) is -0.933. The molecule has 1 aliphatic heterocycles. The van der Waals surface area contributed by atoms with Crippen LogP contribution in [0, 0.1) is 0 Å². The molecule has 0 aromatic heterocycles. The number of amides is 1. The third-order valence-electron chi connectivity index (χ3n) is 4.68. The number of benzene rings is 1. The van der Waals surface area contributed by atoms with Crippen molar-refractivity contribution in [3.63, 3.8) is 0 Å². The monoisotopic (exact) mass is 416 g/mol. The van der Waals surface area contributed by atoms with Gasteiger partial charge in [0.05, 0.1) is 15.5 Å². The van der Waals surface area contributed by atoms with E-state index in [1.54, 1.807) is 4.90 Å². The molecule has 1 saturated heterocycles. The molecule has 1 aromatic rings. The highest BCUT2D eigenvalue weighted by Gasteiger charge is 2.27. The first-order valence-electron chi connectivity index (χ1n) is 8.87. The van der Waals surface area contributed by atoms with Gasteiger partial charge >= 0.3 is 5.97 Å². The molecule has 0 N–H and O–H groups in total. The van der Waals surface area contributed by atoms with Crippen LogP contribution in [0.25, 0.3) is 0 Å². The number of piperidine rings is 1. The van der Waals surface area contributed by atoms with E-state index in [1.165, 1.54) is 32.3 Å². The third kappa shape index (κ3) is 5.00. The highest BCUT2D eigenvalue weighted by molar-refractivity contribution is 7.89. The first kappa shape index (κ1) is 21.7. The molecule has 1 amide bonds. The highest BCUT2D eigenvalue weighted by Crippen LogP contribution is 2.23. The number of hydrogen-bond acceptors (Lipinski definition) is 5. The fourth-order valence-electron chi connectivity index (χ4n) is 3.07. The average molecular weight is 417 g/mol. The van der Waals surface area contributed by atoms with E-state index >= 15 is 0 Å². The third-order valence-corrected chi connectivity index (χ3v) is 6.82. The number of carbonyl (C=O) groups excluding carboxylic acids is 2. The molecular weight excluding hydrogens is 392 g/mol. The number of carbonyl (C=O) groups is 2. The second-order valence-electron chi connectivity index (χ2n) is 6.65. The first-order chi connectivity index (χ1) is 12.7. The Hall–Kier alpha value is -1.64. The van der Waals surface area contributed by atoms with Crippen LogP contribution in [0.15, 0.2) is 23.1 Å². The summed E-state index contributed by atoms with van der Waals surface area (Å²) in [5.74, 6) is -1.07. The summed E-state index contributed by atoms with van der Waals surface area (Å²) >= 11 is 6.03. The number of nitrogens with zero attached hydrogens (tertiary/aromatic N) is 2. The fourth-order valence-corrected chi connectivity index (χ4v) is 4.20. The quantitative estimate of drug-likeness (QED) is 0.665. The van der Waals surface area contributed by atoms with E-state index in [0.29, 0.717) is 6.54 Å². The normalized spacial score (nSPS) is 17.8. The zero-order chi connectivity index (χ0) is 20.2. The van der Waals surface area contributed by atoms with E-state index in [2.05, 4.69) is 0 Å². The lowest BCUT2D eigenvalue weighted by molar-refractivity contribution is -0.138. The van der Waals surface area contributed by atoms with Gasteiger partial charge in [-0.1, -0.05) is 18.5 Å². The number of rotatable bonds is 6. The van der Waals surface area contributed by atoms with Crippen LogP contribution in [-0.2, 0) is 19.6 Å². The molecule has 1 atom stereocenters. The van der Waals surface area contributed by atoms with Gasteiger partial charge in [0.2, 0.25) is 10.0 Å². The second-order valence-corrected chi connectivity index (χ2v) is 9.21. The molecular formula is C18H25ClN2O5S. The van der Waals surface area contributed by atoms with Crippen molar-refractivity contribution in [3.05, 3.63) is 28.8 Å². The van der Waals surface area contributed by atoms with Crippen molar-refractivity contribution in [2.45, 2.75) is 43.5 Å². The SMILES string of the molecule is CC[C@H]1CCCCN1C(=O)COC(=O)c1cc(S(=O)(=O)N(C)C)ccc1Cl. The maximum Gasteiger partial charge on any atom is 0.340 e. The number of halogens is 1. The molecule has 0 unspecified atom stereocenters. The van der Waals surface area contributed by atoms with Crippen LogP contribution in [0.5, 0.6) is 0 Å². The molecule has 2 rings (SSSR count). The van der Waals surface area contributed by atoms with Crippen molar-refractivity contribution >= 4 is 33.5 Å². The Bertz CT molecular complexity index is 810. The van der Waals surface area contributed by atoms with Crippen LogP contribution in [0.4, 0.5) is 0 Å². The van der Waals surface area contributed by atoms with Gasteiger partial charge < -0.3 is 9.64 Å². The van der Waals surface area contributed by atoms with Crippen LogP contribution in [0.3, 0.4) is 0 Å². The summed E-state index contributed by atoms with van der Waals surface area (Å²) < 4.78 is 30.6. The molecule has 7 nitrogen and oxygen atoms in total. The summed E-state index contributed by atoms with van der Waals surface area (Å²) in [5.41, 5.74) is -0.0851. The Kier molecular flexibility index (Phi) is 7.25. The summed E-state index contributed by atoms with van der Waals surface area (Å²) in [5, 5.41) is 0.0644. The average Bonchev–Trinajstić information content (AvgIpc) is 2.65. The number of sulfonamides is 1. The predicted molar refractivity (Wildman–Crippen MR) is 102 cm³/mol. The van der Waals surface area contributed by atoms with Crippen molar-refractivity contribution in [2.75, 3.05) is 27.2 Å². The lowest BCUT2D eigenvalue weighted by Gasteiger charge is -2.35. The molecule has 0 radical (unpaired) electrons. The van der Waals surface area contributed by atoms with Crippen molar-refractivity contribution in [1.82, 2.24) is 9.21 Å². The Morgan fingerprint density at radius 3 is 2.63 bits per heavy atom. The van der Waals surface area contributed by atoms with Crippen LogP contribution < -0.4 is 0 Å². The number of likely N-dealkylation sites (tertiary alicyclic amines) is 1. The van der Waals surface area contributed by atoms with Gasteiger partial charge in [-0.25, -0.2) is 17.5 Å². The maximum absolute atomic E-state index is 12.4. The van der Waals surface area contributed by atoms with E-state index in [4.69, 9.17) is 16.3 Å². The molecule has 0 aliphatic carbocycles. The van der Waals surface area contributed by atoms with Crippen molar-refractivity contribution < 1.29 is 22.7 Å². The standard InChI is InChI=1S/C18H25ClN2O5S/c1-4-13-7-5-6-10-21(13)17(22)12-26-18(23)15-11-14(8-9-16(15)19)27(24,25)20(2)3/h8-9,11,13H,4-7,10,12H2,1-3H3/t13-/m0/s1. The van der Waals surface area contributed by atoms with Gasteiger partial charge in [-0.3, -0.25) is 4.79 Å². The number of hydrogen-bond donors (Lipinski definition) is 0. The molecule has 0 bridgehead atoms. The van der Waals surface area contributed by atoms with Crippen LogP contribution in [-0.4, -0.2) is 62.8 Å². The summed E-state index contributed by atoms with van der Waals surface area (Å²) in [6.07, 6.45) is 3.83. The van der Waals surface area contributed by atoms with Gasteiger partial charge in [-0.2, -0.15) is 0 Å². The van der Waals surface area contributed by atoms with Gasteiger partial charge in [-0.15, -0.1) is 0 Å². The van der Waals surface area contributed by atoms with Gasteiger partial charge in [0.25, 0.3) is 5.91 Å². The highest BCUT2D eigenvalue weighted by atomic mass is 35.5. The topological polar surface area (TPSA) is 84.0 Å². The van der Waals surface area contributed by atoms with E-state index in [9.17, 15) is 18.0 Å². The van der Waals surface area contributed by atoms with E-state index in [0.717, 1.165) is 30.0 Å². The largest absolute Gasteiger partial charge is 0.452 e. The van der Waals surface area contributed by atoms with Gasteiger partial charge in [-0.05, 0) is 43.9 Å². The summed E-state index contributed by atoms with van der Waals surface area (Å²) in [6, 6.07) is 3.98. The molecule has 150 valence electrons. The predicted octanol–water partition coefficient (Wildman–Crippen LogP) is 2.54. The van der Waals surface area contributed by atoms with Crippen molar-refractivity contribution in [2.24, 2.45) is 0 Å². The van der Waals surface area contributed by atoms with Gasteiger partial charge in [0, 0.05) is 26.7 Å². The summed E-state index contributed by atoms with van der Waals surface area (Å²) in [4.78, 5) is 26.5. The van der Waals surface area contributed by atoms with Crippen molar-refractivity contribution in [1.29, 1.82) is 0 Å². The Labute approximate surface area is 165 Å². The molecule has 1 fully saturated rings. The Morgan fingerprint density at radius 1 is 1.30 bits per heavy atom. The number of esters is 1. The molecule has 1 aliphatic rings. The van der Waals surface area contributed by atoms with E-state index in [1.807, 2.05) is 6.92 Å².